The quantitative estimate of drug-likeness (QED) is 0.752. The highest BCUT2D eigenvalue weighted by Crippen LogP contribution is 1.96. The van der Waals surface area contributed by atoms with Gasteiger partial charge in [-0.05, 0) is 0 Å². The second kappa shape index (κ2) is 5.36. The second-order valence-corrected chi connectivity index (χ2v) is 3.02. The third kappa shape index (κ3) is 3.55. The standard InChI is InChI=1S/C9H14FN3O/c1-8(14)11-4-2-9-6-13(5-3-10)7-12-9/h6-7H,2-5H2,1H3,(H,11,14). The van der Waals surface area contributed by atoms with Gasteiger partial charge in [0.25, 0.3) is 0 Å². The summed E-state index contributed by atoms with van der Waals surface area (Å²) in [5.74, 6) is -0.0480. The molecule has 1 aromatic heterocycles. The van der Waals surface area contributed by atoms with E-state index in [9.17, 15) is 9.18 Å². The third-order valence-electron chi connectivity index (χ3n) is 1.78. The number of hydrogen-bond acceptors (Lipinski definition) is 2. The van der Waals surface area contributed by atoms with Gasteiger partial charge < -0.3 is 9.88 Å². The number of alkyl halides is 1. The first-order chi connectivity index (χ1) is 6.72. The molecule has 1 heterocycles. The van der Waals surface area contributed by atoms with Gasteiger partial charge in [0.15, 0.2) is 0 Å². The van der Waals surface area contributed by atoms with Gasteiger partial charge in [-0.2, -0.15) is 0 Å². The minimum atomic E-state index is -0.387. The van der Waals surface area contributed by atoms with Gasteiger partial charge in [0, 0.05) is 26.1 Å². The molecule has 0 spiro atoms. The molecule has 0 saturated carbocycles. The summed E-state index contributed by atoms with van der Waals surface area (Å²) in [4.78, 5) is 14.6. The predicted octanol–water partition coefficient (Wildman–Crippen LogP) is 0.531. The number of hydrogen-bond donors (Lipinski definition) is 1. The SMILES string of the molecule is CC(=O)NCCc1cn(CCF)cn1. The Hall–Kier alpha value is -1.39. The number of rotatable bonds is 5. The molecule has 0 saturated heterocycles. The van der Waals surface area contributed by atoms with Gasteiger partial charge in [0.05, 0.1) is 18.6 Å². The molecule has 0 unspecified atom stereocenters. The predicted molar refractivity (Wildman–Crippen MR) is 50.6 cm³/mol. The Balaban J connectivity index is 2.32. The smallest absolute Gasteiger partial charge is 0.216 e. The molecule has 4 nitrogen and oxygen atoms in total. The molecule has 0 aliphatic rings. The maximum Gasteiger partial charge on any atom is 0.216 e. The van der Waals surface area contributed by atoms with Crippen LogP contribution in [0.5, 0.6) is 0 Å². The van der Waals surface area contributed by atoms with E-state index in [1.165, 1.54) is 6.92 Å². The van der Waals surface area contributed by atoms with Crippen LogP contribution >= 0.6 is 0 Å². The number of imidazole rings is 1. The van der Waals surface area contributed by atoms with E-state index in [1.54, 1.807) is 17.1 Å². The summed E-state index contributed by atoms with van der Waals surface area (Å²) in [6.07, 6.45) is 4.07. The van der Waals surface area contributed by atoms with Crippen molar-refractivity contribution in [1.82, 2.24) is 14.9 Å². The van der Waals surface area contributed by atoms with Crippen LogP contribution < -0.4 is 5.32 Å². The van der Waals surface area contributed by atoms with Crippen LogP contribution in [0.15, 0.2) is 12.5 Å². The fourth-order valence-electron chi connectivity index (χ4n) is 1.12. The summed E-state index contributed by atoms with van der Waals surface area (Å²) >= 11 is 0. The number of nitrogens with one attached hydrogen (secondary N) is 1. The van der Waals surface area contributed by atoms with E-state index in [4.69, 9.17) is 0 Å². The Morgan fingerprint density at radius 1 is 1.71 bits per heavy atom. The number of halogens is 1. The van der Waals surface area contributed by atoms with E-state index in [-0.39, 0.29) is 12.6 Å². The van der Waals surface area contributed by atoms with Crippen LogP contribution in [0.25, 0.3) is 0 Å². The lowest BCUT2D eigenvalue weighted by Crippen LogP contribution is -2.22. The molecule has 0 bridgehead atoms. The molecule has 1 amide bonds. The van der Waals surface area contributed by atoms with Crippen LogP contribution in [0.2, 0.25) is 0 Å². The Morgan fingerprint density at radius 3 is 3.14 bits per heavy atom. The van der Waals surface area contributed by atoms with Gasteiger partial charge in [-0.25, -0.2) is 9.37 Å². The zero-order valence-corrected chi connectivity index (χ0v) is 8.16. The first kappa shape index (κ1) is 10.7. The van der Waals surface area contributed by atoms with Gasteiger partial charge in [-0.15, -0.1) is 0 Å². The molecule has 0 radical (unpaired) electrons. The Morgan fingerprint density at radius 2 is 2.50 bits per heavy atom. The zero-order valence-electron chi connectivity index (χ0n) is 8.16. The number of nitrogens with zero attached hydrogens (tertiary/aromatic N) is 2. The minimum absolute atomic E-state index is 0.0480. The summed E-state index contributed by atoms with van der Waals surface area (Å²) in [6.45, 7) is 2.00. The molecule has 0 atom stereocenters. The van der Waals surface area contributed by atoms with E-state index < -0.39 is 0 Å². The lowest BCUT2D eigenvalue weighted by atomic mass is 10.3. The maximum absolute atomic E-state index is 11.9. The van der Waals surface area contributed by atoms with Gasteiger partial charge in [0.2, 0.25) is 5.91 Å². The Bertz CT molecular complexity index is 298. The van der Waals surface area contributed by atoms with Crippen molar-refractivity contribution < 1.29 is 9.18 Å². The van der Waals surface area contributed by atoms with Crippen molar-refractivity contribution in [2.24, 2.45) is 0 Å². The van der Waals surface area contributed by atoms with Crippen molar-refractivity contribution in [1.29, 1.82) is 0 Å². The van der Waals surface area contributed by atoms with Crippen LogP contribution in [0.4, 0.5) is 4.39 Å². The average molecular weight is 199 g/mol. The molecule has 1 N–H and O–H groups in total. The molecule has 78 valence electrons. The van der Waals surface area contributed by atoms with Crippen LogP contribution in [0.1, 0.15) is 12.6 Å². The van der Waals surface area contributed by atoms with Crippen LogP contribution in [-0.2, 0) is 17.8 Å². The molecule has 0 fully saturated rings. The van der Waals surface area contributed by atoms with Crippen LogP contribution in [-0.4, -0.2) is 28.7 Å². The molecule has 14 heavy (non-hydrogen) atoms. The molecule has 0 aliphatic heterocycles. The van der Waals surface area contributed by atoms with Gasteiger partial charge in [0.1, 0.15) is 6.67 Å². The molecule has 1 aromatic rings. The van der Waals surface area contributed by atoms with Crippen LogP contribution in [0, 0.1) is 0 Å². The summed E-state index contributed by atoms with van der Waals surface area (Å²) in [5, 5.41) is 2.67. The summed E-state index contributed by atoms with van der Waals surface area (Å²) in [7, 11) is 0. The molecule has 1 rings (SSSR count). The lowest BCUT2D eigenvalue weighted by Gasteiger charge is -1.98. The highest BCUT2D eigenvalue weighted by Gasteiger charge is 1.98. The van der Waals surface area contributed by atoms with E-state index in [2.05, 4.69) is 10.3 Å². The highest BCUT2D eigenvalue weighted by molar-refractivity contribution is 5.72. The number of aromatic nitrogens is 2. The first-order valence-corrected chi connectivity index (χ1v) is 4.53. The first-order valence-electron chi connectivity index (χ1n) is 4.53. The van der Waals surface area contributed by atoms with Crippen molar-refractivity contribution in [3.05, 3.63) is 18.2 Å². The number of carbonyl (C=O) groups is 1. The normalized spacial score (nSPS) is 10.1. The zero-order chi connectivity index (χ0) is 10.4. The van der Waals surface area contributed by atoms with Gasteiger partial charge in [-0.3, -0.25) is 4.79 Å². The third-order valence-corrected chi connectivity index (χ3v) is 1.78. The lowest BCUT2D eigenvalue weighted by molar-refractivity contribution is -0.118. The van der Waals surface area contributed by atoms with Crippen molar-refractivity contribution >= 4 is 5.91 Å². The van der Waals surface area contributed by atoms with Crippen molar-refractivity contribution in [2.45, 2.75) is 19.9 Å². The highest BCUT2D eigenvalue weighted by atomic mass is 19.1. The number of amides is 1. The average Bonchev–Trinajstić information content (AvgIpc) is 2.53. The molecule has 5 heteroatoms. The van der Waals surface area contributed by atoms with Gasteiger partial charge >= 0.3 is 0 Å². The molecular weight excluding hydrogens is 185 g/mol. The van der Waals surface area contributed by atoms with E-state index in [0.29, 0.717) is 19.5 Å². The Labute approximate surface area is 82.1 Å². The van der Waals surface area contributed by atoms with E-state index in [1.807, 2.05) is 0 Å². The largest absolute Gasteiger partial charge is 0.356 e. The molecular formula is C9H14FN3O. The monoisotopic (exact) mass is 199 g/mol. The topological polar surface area (TPSA) is 46.9 Å². The van der Waals surface area contributed by atoms with E-state index >= 15 is 0 Å². The van der Waals surface area contributed by atoms with E-state index in [0.717, 1.165) is 5.69 Å². The van der Waals surface area contributed by atoms with Crippen molar-refractivity contribution in [3.63, 3.8) is 0 Å². The summed E-state index contributed by atoms with van der Waals surface area (Å²) in [5.41, 5.74) is 0.868. The molecule has 0 aromatic carbocycles. The molecule has 0 aliphatic carbocycles. The Kier molecular flexibility index (Phi) is 4.10. The van der Waals surface area contributed by atoms with Crippen molar-refractivity contribution in [3.8, 4) is 0 Å². The number of aryl methyl sites for hydroxylation is 1. The van der Waals surface area contributed by atoms with Gasteiger partial charge in [-0.1, -0.05) is 0 Å². The summed E-state index contributed by atoms with van der Waals surface area (Å²) in [6, 6.07) is 0. The fraction of sp³-hybridized carbons (Fsp3) is 0.556. The second-order valence-electron chi connectivity index (χ2n) is 3.02. The van der Waals surface area contributed by atoms with Crippen molar-refractivity contribution in [2.75, 3.05) is 13.2 Å². The minimum Gasteiger partial charge on any atom is -0.356 e. The van der Waals surface area contributed by atoms with Crippen LogP contribution in [0.3, 0.4) is 0 Å². The maximum atomic E-state index is 11.9. The number of carbonyl (C=O) groups excluding carboxylic acids is 1. The summed E-state index contributed by atoms with van der Waals surface area (Å²) < 4.78 is 13.6. The fourth-order valence-corrected chi connectivity index (χ4v) is 1.12.